The Morgan fingerprint density at radius 1 is 1.71 bits per heavy atom. The molecule has 0 aromatic carbocycles. The molecule has 0 aliphatic heterocycles. The number of aromatic nitrogens is 1. The van der Waals surface area contributed by atoms with Crippen LogP contribution in [0.15, 0.2) is 5.38 Å². The van der Waals surface area contributed by atoms with Gasteiger partial charge in [0.2, 0.25) is 0 Å². The number of nitrogens with two attached hydrogens (primary N) is 1. The van der Waals surface area contributed by atoms with Crippen molar-refractivity contribution in [2.45, 2.75) is 32.2 Å². The van der Waals surface area contributed by atoms with E-state index in [9.17, 15) is 0 Å². The molecule has 1 unspecified atom stereocenters. The van der Waals surface area contributed by atoms with Gasteiger partial charge in [0.25, 0.3) is 0 Å². The van der Waals surface area contributed by atoms with Gasteiger partial charge in [0, 0.05) is 11.4 Å². The third kappa shape index (κ3) is 2.69. The molecule has 0 spiro atoms. The second-order valence-corrected chi connectivity index (χ2v) is 4.97. The van der Waals surface area contributed by atoms with E-state index in [2.05, 4.69) is 22.6 Å². The standard InChI is InChI=1S/C10H17N3S/c1-7(5-11)4-9-6-14-10(13-9)12-8-2-3-8/h6-8H,2-5,11H2,1H3,(H,12,13). The first-order valence-electron chi connectivity index (χ1n) is 5.19. The molecular formula is C10H17N3S. The monoisotopic (exact) mass is 211 g/mol. The van der Waals surface area contributed by atoms with Crippen molar-refractivity contribution in [3.8, 4) is 0 Å². The van der Waals surface area contributed by atoms with Gasteiger partial charge < -0.3 is 11.1 Å². The van der Waals surface area contributed by atoms with Crippen LogP contribution in [-0.2, 0) is 6.42 Å². The predicted octanol–water partition coefficient (Wildman–Crippen LogP) is 1.85. The first kappa shape index (κ1) is 9.93. The summed E-state index contributed by atoms with van der Waals surface area (Å²) in [6, 6.07) is 0.695. The molecule has 1 aromatic rings. The highest BCUT2D eigenvalue weighted by atomic mass is 32.1. The lowest BCUT2D eigenvalue weighted by Crippen LogP contribution is -2.13. The van der Waals surface area contributed by atoms with Crippen molar-refractivity contribution in [1.29, 1.82) is 0 Å². The first-order valence-corrected chi connectivity index (χ1v) is 6.07. The molecule has 0 radical (unpaired) electrons. The van der Waals surface area contributed by atoms with Gasteiger partial charge in [-0.15, -0.1) is 11.3 Å². The Morgan fingerprint density at radius 2 is 2.50 bits per heavy atom. The summed E-state index contributed by atoms with van der Waals surface area (Å²) in [5.41, 5.74) is 6.75. The van der Waals surface area contributed by atoms with Gasteiger partial charge >= 0.3 is 0 Å². The van der Waals surface area contributed by atoms with Crippen LogP contribution < -0.4 is 11.1 Å². The van der Waals surface area contributed by atoms with Gasteiger partial charge in [-0.25, -0.2) is 4.98 Å². The lowest BCUT2D eigenvalue weighted by molar-refractivity contribution is 0.586. The van der Waals surface area contributed by atoms with Crippen LogP contribution in [0.2, 0.25) is 0 Å². The minimum atomic E-state index is 0.533. The van der Waals surface area contributed by atoms with Gasteiger partial charge in [-0.1, -0.05) is 6.92 Å². The van der Waals surface area contributed by atoms with Crippen LogP contribution in [0, 0.1) is 5.92 Å². The molecule has 3 nitrogen and oxygen atoms in total. The number of hydrogen-bond donors (Lipinski definition) is 2. The van der Waals surface area contributed by atoms with E-state index in [1.807, 2.05) is 0 Å². The summed E-state index contributed by atoms with van der Waals surface area (Å²) in [6.07, 6.45) is 3.60. The van der Waals surface area contributed by atoms with E-state index in [4.69, 9.17) is 5.73 Å². The van der Waals surface area contributed by atoms with E-state index in [1.54, 1.807) is 11.3 Å². The third-order valence-electron chi connectivity index (χ3n) is 2.42. The molecule has 1 fully saturated rings. The zero-order valence-corrected chi connectivity index (χ0v) is 9.31. The van der Waals surface area contributed by atoms with E-state index in [1.165, 1.54) is 18.5 Å². The number of anilines is 1. The van der Waals surface area contributed by atoms with Crippen LogP contribution in [-0.4, -0.2) is 17.6 Å². The smallest absolute Gasteiger partial charge is 0.183 e. The molecule has 0 bridgehead atoms. The summed E-state index contributed by atoms with van der Waals surface area (Å²) in [5, 5.41) is 6.62. The molecule has 1 atom stereocenters. The summed E-state index contributed by atoms with van der Waals surface area (Å²) in [5.74, 6) is 0.533. The van der Waals surface area contributed by atoms with Crippen molar-refractivity contribution in [3.63, 3.8) is 0 Å². The molecule has 1 aliphatic carbocycles. The van der Waals surface area contributed by atoms with Gasteiger partial charge in [0.15, 0.2) is 5.13 Å². The number of nitrogens with zero attached hydrogens (tertiary/aromatic N) is 1. The van der Waals surface area contributed by atoms with Crippen molar-refractivity contribution in [2.75, 3.05) is 11.9 Å². The Labute approximate surface area is 88.7 Å². The number of hydrogen-bond acceptors (Lipinski definition) is 4. The fourth-order valence-corrected chi connectivity index (χ4v) is 2.11. The van der Waals surface area contributed by atoms with Crippen LogP contribution in [0.4, 0.5) is 5.13 Å². The van der Waals surface area contributed by atoms with Crippen LogP contribution in [0.3, 0.4) is 0 Å². The minimum absolute atomic E-state index is 0.533. The maximum absolute atomic E-state index is 5.58. The maximum Gasteiger partial charge on any atom is 0.183 e. The molecule has 2 rings (SSSR count). The first-order chi connectivity index (χ1) is 6.78. The molecule has 4 heteroatoms. The van der Waals surface area contributed by atoms with Crippen molar-refractivity contribution in [1.82, 2.24) is 4.98 Å². The zero-order valence-electron chi connectivity index (χ0n) is 8.49. The summed E-state index contributed by atoms with van der Waals surface area (Å²) < 4.78 is 0. The Kier molecular flexibility index (Phi) is 3.03. The topological polar surface area (TPSA) is 50.9 Å². The Hall–Kier alpha value is -0.610. The van der Waals surface area contributed by atoms with Crippen LogP contribution in [0.25, 0.3) is 0 Å². The van der Waals surface area contributed by atoms with Gasteiger partial charge in [0.1, 0.15) is 0 Å². The largest absolute Gasteiger partial charge is 0.359 e. The normalized spacial score (nSPS) is 18.1. The zero-order chi connectivity index (χ0) is 9.97. The lowest BCUT2D eigenvalue weighted by Gasteiger charge is -2.04. The van der Waals surface area contributed by atoms with Gasteiger partial charge in [-0.3, -0.25) is 0 Å². The van der Waals surface area contributed by atoms with E-state index < -0.39 is 0 Å². The van der Waals surface area contributed by atoms with E-state index >= 15 is 0 Å². The molecule has 78 valence electrons. The molecule has 1 aliphatic rings. The second-order valence-electron chi connectivity index (χ2n) is 4.11. The number of thiazole rings is 1. The summed E-state index contributed by atoms with van der Waals surface area (Å²) in [7, 11) is 0. The van der Waals surface area contributed by atoms with Gasteiger partial charge in [-0.05, 0) is 31.7 Å². The Morgan fingerprint density at radius 3 is 3.14 bits per heavy atom. The summed E-state index contributed by atoms with van der Waals surface area (Å²) >= 11 is 1.71. The SMILES string of the molecule is CC(CN)Cc1csc(NC2CC2)n1. The van der Waals surface area contributed by atoms with Crippen LogP contribution >= 0.6 is 11.3 Å². The van der Waals surface area contributed by atoms with Crippen LogP contribution in [0.5, 0.6) is 0 Å². The van der Waals surface area contributed by atoms with E-state index in [0.717, 1.165) is 18.1 Å². The Balaban J connectivity index is 1.88. The maximum atomic E-state index is 5.58. The lowest BCUT2D eigenvalue weighted by atomic mass is 10.1. The number of rotatable bonds is 5. The second kappa shape index (κ2) is 4.28. The molecule has 0 amide bonds. The molecule has 1 saturated carbocycles. The minimum Gasteiger partial charge on any atom is -0.359 e. The summed E-state index contributed by atoms with van der Waals surface area (Å²) in [6.45, 7) is 2.90. The van der Waals surface area contributed by atoms with Crippen LogP contribution in [0.1, 0.15) is 25.5 Å². The van der Waals surface area contributed by atoms with E-state index in [-0.39, 0.29) is 0 Å². The van der Waals surface area contributed by atoms with Gasteiger partial charge in [0.05, 0.1) is 5.69 Å². The predicted molar refractivity (Wildman–Crippen MR) is 60.7 cm³/mol. The molecule has 0 saturated heterocycles. The molecule has 14 heavy (non-hydrogen) atoms. The highest BCUT2D eigenvalue weighted by molar-refractivity contribution is 7.13. The third-order valence-corrected chi connectivity index (χ3v) is 3.24. The van der Waals surface area contributed by atoms with Crippen molar-refractivity contribution in [2.24, 2.45) is 11.7 Å². The highest BCUT2D eigenvalue weighted by Gasteiger charge is 2.21. The van der Waals surface area contributed by atoms with Crippen molar-refractivity contribution >= 4 is 16.5 Å². The Bertz CT molecular complexity index is 293. The molecule has 1 heterocycles. The quantitative estimate of drug-likeness (QED) is 0.781. The van der Waals surface area contributed by atoms with Crippen molar-refractivity contribution < 1.29 is 0 Å². The highest BCUT2D eigenvalue weighted by Crippen LogP contribution is 2.27. The van der Waals surface area contributed by atoms with Gasteiger partial charge in [-0.2, -0.15) is 0 Å². The molecular weight excluding hydrogens is 194 g/mol. The average Bonchev–Trinajstić information content (AvgIpc) is 2.87. The molecule has 3 N–H and O–H groups in total. The summed E-state index contributed by atoms with van der Waals surface area (Å²) in [4.78, 5) is 4.53. The number of nitrogens with one attached hydrogen (secondary N) is 1. The fraction of sp³-hybridized carbons (Fsp3) is 0.700. The van der Waals surface area contributed by atoms with E-state index in [0.29, 0.717) is 12.0 Å². The van der Waals surface area contributed by atoms with Crippen molar-refractivity contribution in [3.05, 3.63) is 11.1 Å². The average molecular weight is 211 g/mol. The fourth-order valence-electron chi connectivity index (χ4n) is 1.31. The molecule has 1 aromatic heterocycles.